The van der Waals surface area contributed by atoms with Crippen molar-refractivity contribution in [2.75, 3.05) is 13.1 Å². The zero-order chi connectivity index (χ0) is 18.6. The Bertz CT molecular complexity index is 718. The summed E-state index contributed by atoms with van der Waals surface area (Å²) in [5.74, 6) is -1.81. The third-order valence-corrected chi connectivity index (χ3v) is 4.16. The van der Waals surface area contributed by atoms with Gasteiger partial charge in [0.1, 0.15) is 0 Å². The van der Waals surface area contributed by atoms with Crippen molar-refractivity contribution >= 4 is 23.5 Å². The Labute approximate surface area is 143 Å². The summed E-state index contributed by atoms with van der Waals surface area (Å²) in [7, 11) is 0. The van der Waals surface area contributed by atoms with Crippen LogP contribution < -0.4 is 5.32 Å². The molecular formula is C16H19N3O6. The van der Waals surface area contributed by atoms with Crippen molar-refractivity contribution in [1.82, 2.24) is 10.2 Å². The molecule has 1 unspecified atom stereocenters. The summed E-state index contributed by atoms with van der Waals surface area (Å²) >= 11 is 0. The zero-order valence-electron chi connectivity index (χ0n) is 13.7. The molecule has 2 N–H and O–H groups in total. The molecule has 0 radical (unpaired) electrons. The first-order valence-corrected chi connectivity index (χ1v) is 7.84. The van der Waals surface area contributed by atoms with E-state index in [2.05, 4.69) is 5.32 Å². The van der Waals surface area contributed by atoms with Gasteiger partial charge >= 0.3 is 5.97 Å². The van der Waals surface area contributed by atoms with Crippen LogP contribution in [0.4, 0.5) is 5.69 Å². The fourth-order valence-electron chi connectivity index (χ4n) is 2.94. The van der Waals surface area contributed by atoms with Gasteiger partial charge in [-0.25, -0.2) is 0 Å². The number of carbonyl (C=O) groups is 3. The van der Waals surface area contributed by atoms with Crippen LogP contribution in [0.15, 0.2) is 18.2 Å². The second-order valence-electron chi connectivity index (χ2n) is 5.92. The number of likely N-dealkylation sites (tertiary alicyclic amines) is 1. The van der Waals surface area contributed by atoms with Crippen LogP contribution in [0, 0.1) is 17.0 Å². The molecule has 0 spiro atoms. The summed E-state index contributed by atoms with van der Waals surface area (Å²) in [6.45, 7) is 1.76. The molecule has 9 heteroatoms. The number of aliphatic carboxylic acids is 1. The van der Waals surface area contributed by atoms with Crippen molar-refractivity contribution in [3.8, 4) is 0 Å². The average molecular weight is 349 g/mol. The van der Waals surface area contributed by atoms with Crippen LogP contribution >= 0.6 is 0 Å². The highest BCUT2D eigenvalue weighted by atomic mass is 16.6. The van der Waals surface area contributed by atoms with Gasteiger partial charge in [0.25, 0.3) is 11.6 Å². The lowest BCUT2D eigenvalue weighted by Gasteiger charge is -2.23. The van der Waals surface area contributed by atoms with E-state index >= 15 is 0 Å². The number of amides is 2. The van der Waals surface area contributed by atoms with E-state index in [4.69, 9.17) is 5.11 Å². The highest BCUT2D eigenvalue weighted by Crippen LogP contribution is 2.20. The molecule has 0 aromatic heterocycles. The maximum Gasteiger partial charge on any atom is 0.305 e. The van der Waals surface area contributed by atoms with Gasteiger partial charge in [-0.15, -0.1) is 0 Å². The number of nitro benzene ring substituents is 1. The average Bonchev–Trinajstić information content (AvgIpc) is 2.99. The SMILES string of the molecule is Cc1cc(C(=O)NCC(=O)N2CCCC2CC(=O)O)ccc1[N+](=O)[O-]. The second kappa shape index (κ2) is 7.73. The molecule has 1 aliphatic heterocycles. The Morgan fingerprint density at radius 2 is 2.12 bits per heavy atom. The molecule has 1 fully saturated rings. The first kappa shape index (κ1) is 18.4. The van der Waals surface area contributed by atoms with E-state index in [1.54, 1.807) is 0 Å². The monoisotopic (exact) mass is 349 g/mol. The lowest BCUT2D eigenvalue weighted by atomic mass is 10.1. The highest BCUT2D eigenvalue weighted by Gasteiger charge is 2.30. The molecule has 2 rings (SSSR count). The van der Waals surface area contributed by atoms with Crippen molar-refractivity contribution in [3.05, 3.63) is 39.4 Å². The van der Waals surface area contributed by atoms with Gasteiger partial charge in [0.15, 0.2) is 0 Å². The summed E-state index contributed by atoms with van der Waals surface area (Å²) in [6.07, 6.45) is 1.26. The topological polar surface area (TPSA) is 130 Å². The summed E-state index contributed by atoms with van der Waals surface area (Å²) in [5.41, 5.74) is 0.491. The van der Waals surface area contributed by atoms with Gasteiger partial charge in [-0.1, -0.05) is 0 Å². The minimum Gasteiger partial charge on any atom is -0.481 e. The molecule has 0 aliphatic carbocycles. The van der Waals surface area contributed by atoms with Crippen LogP contribution in [-0.4, -0.2) is 51.8 Å². The predicted molar refractivity (Wildman–Crippen MR) is 87.2 cm³/mol. The Morgan fingerprint density at radius 1 is 1.40 bits per heavy atom. The van der Waals surface area contributed by atoms with E-state index in [1.165, 1.54) is 30.0 Å². The smallest absolute Gasteiger partial charge is 0.305 e. The van der Waals surface area contributed by atoms with Crippen LogP contribution in [-0.2, 0) is 9.59 Å². The lowest BCUT2D eigenvalue weighted by Crippen LogP contribution is -2.43. The molecule has 9 nitrogen and oxygen atoms in total. The van der Waals surface area contributed by atoms with E-state index in [-0.39, 0.29) is 36.2 Å². The lowest BCUT2D eigenvalue weighted by molar-refractivity contribution is -0.385. The molecule has 1 aliphatic rings. The van der Waals surface area contributed by atoms with Crippen molar-refractivity contribution in [3.63, 3.8) is 0 Å². The van der Waals surface area contributed by atoms with E-state index < -0.39 is 16.8 Å². The number of hydrogen-bond acceptors (Lipinski definition) is 5. The van der Waals surface area contributed by atoms with Crippen LogP contribution in [0.1, 0.15) is 35.2 Å². The minimum absolute atomic E-state index is 0.0822. The van der Waals surface area contributed by atoms with Crippen LogP contribution in [0.2, 0.25) is 0 Å². The molecule has 2 amide bonds. The van der Waals surface area contributed by atoms with Gasteiger partial charge in [-0.05, 0) is 31.9 Å². The van der Waals surface area contributed by atoms with Gasteiger partial charge in [-0.3, -0.25) is 24.5 Å². The van der Waals surface area contributed by atoms with Crippen LogP contribution in [0.25, 0.3) is 0 Å². The maximum atomic E-state index is 12.2. The van der Waals surface area contributed by atoms with Crippen molar-refractivity contribution in [2.45, 2.75) is 32.2 Å². The Morgan fingerprint density at radius 3 is 2.72 bits per heavy atom. The first-order chi connectivity index (χ1) is 11.8. The fourth-order valence-corrected chi connectivity index (χ4v) is 2.94. The number of carboxylic acids is 1. The summed E-state index contributed by atoms with van der Waals surface area (Å²) in [5, 5.41) is 22.1. The predicted octanol–water partition coefficient (Wildman–Crippen LogP) is 1.10. The molecule has 134 valence electrons. The van der Waals surface area contributed by atoms with Crippen molar-refractivity contribution < 1.29 is 24.4 Å². The molecule has 1 aromatic carbocycles. The zero-order valence-corrected chi connectivity index (χ0v) is 13.7. The van der Waals surface area contributed by atoms with Crippen molar-refractivity contribution in [1.29, 1.82) is 0 Å². The Hall–Kier alpha value is -2.97. The fraction of sp³-hybridized carbons (Fsp3) is 0.438. The van der Waals surface area contributed by atoms with Crippen LogP contribution in [0.3, 0.4) is 0 Å². The molecule has 0 bridgehead atoms. The number of hydrogen-bond donors (Lipinski definition) is 2. The summed E-state index contributed by atoms with van der Waals surface area (Å²) in [6, 6.07) is 3.62. The molecule has 1 aromatic rings. The van der Waals surface area contributed by atoms with Crippen LogP contribution in [0.5, 0.6) is 0 Å². The number of nitrogens with one attached hydrogen (secondary N) is 1. The number of aryl methyl sites for hydroxylation is 1. The Balaban J connectivity index is 1.95. The molecule has 25 heavy (non-hydrogen) atoms. The molecule has 1 heterocycles. The van der Waals surface area contributed by atoms with Gasteiger partial charge in [0, 0.05) is 29.8 Å². The number of carbonyl (C=O) groups excluding carboxylic acids is 2. The number of benzene rings is 1. The molecule has 1 saturated heterocycles. The summed E-state index contributed by atoms with van der Waals surface area (Å²) < 4.78 is 0. The number of nitrogens with zero attached hydrogens (tertiary/aromatic N) is 2. The third kappa shape index (κ3) is 4.52. The van der Waals surface area contributed by atoms with E-state index in [0.717, 1.165) is 6.42 Å². The maximum absolute atomic E-state index is 12.2. The van der Waals surface area contributed by atoms with Gasteiger partial charge in [0.2, 0.25) is 5.91 Å². The first-order valence-electron chi connectivity index (χ1n) is 7.84. The number of carboxylic acid groups (broad SMARTS) is 1. The van der Waals surface area contributed by atoms with Gasteiger partial charge in [0.05, 0.1) is 17.9 Å². The van der Waals surface area contributed by atoms with Gasteiger partial charge < -0.3 is 15.3 Å². The standard InChI is InChI=1S/C16H19N3O6/c1-10-7-11(4-5-13(10)19(24)25)16(23)17-9-14(20)18-6-2-3-12(18)8-15(21)22/h4-5,7,12H,2-3,6,8-9H2,1H3,(H,17,23)(H,21,22). The minimum atomic E-state index is -0.963. The third-order valence-electron chi connectivity index (χ3n) is 4.16. The molecular weight excluding hydrogens is 330 g/mol. The van der Waals surface area contributed by atoms with Gasteiger partial charge in [-0.2, -0.15) is 0 Å². The summed E-state index contributed by atoms with van der Waals surface area (Å²) in [4.78, 5) is 46.9. The Kier molecular flexibility index (Phi) is 5.68. The molecule has 1 atom stereocenters. The van der Waals surface area contributed by atoms with E-state index in [9.17, 15) is 24.5 Å². The molecule has 0 saturated carbocycles. The largest absolute Gasteiger partial charge is 0.481 e. The second-order valence-corrected chi connectivity index (χ2v) is 5.92. The highest BCUT2D eigenvalue weighted by molar-refractivity contribution is 5.97. The number of rotatable bonds is 6. The van der Waals surface area contributed by atoms with E-state index in [0.29, 0.717) is 18.5 Å². The van der Waals surface area contributed by atoms with Crippen molar-refractivity contribution in [2.24, 2.45) is 0 Å². The van der Waals surface area contributed by atoms with E-state index in [1.807, 2.05) is 0 Å². The quantitative estimate of drug-likeness (QED) is 0.584. The number of nitro groups is 1. The normalized spacial score (nSPS) is 16.5.